The van der Waals surface area contributed by atoms with Crippen LogP contribution in [0.5, 0.6) is 0 Å². The third-order valence-corrected chi connectivity index (χ3v) is 4.16. The largest absolute Gasteiger partial charge is 0.389 e. The van der Waals surface area contributed by atoms with Gasteiger partial charge in [0.2, 0.25) is 0 Å². The minimum Gasteiger partial charge on any atom is -0.380 e. The Morgan fingerprint density at radius 3 is 2.40 bits per heavy atom. The Hall–Kier alpha value is -0.330. The number of nitrogens with two attached hydrogens (primary N) is 1. The van der Waals surface area contributed by atoms with Crippen molar-refractivity contribution in [1.29, 1.82) is 0 Å². The summed E-state index contributed by atoms with van der Waals surface area (Å²) in [6, 6.07) is 0. The Morgan fingerprint density at radius 2 is 1.90 bits per heavy atom. The van der Waals surface area contributed by atoms with Crippen molar-refractivity contribution in [2.24, 2.45) is 11.7 Å². The van der Waals surface area contributed by atoms with Crippen molar-refractivity contribution in [3.63, 3.8) is 0 Å². The summed E-state index contributed by atoms with van der Waals surface area (Å²) in [6.07, 6.45) is -1.75. The van der Waals surface area contributed by atoms with Gasteiger partial charge in [0.05, 0.1) is 6.61 Å². The van der Waals surface area contributed by atoms with Gasteiger partial charge >= 0.3 is 6.18 Å². The van der Waals surface area contributed by atoms with Gasteiger partial charge in [-0.15, -0.1) is 0 Å². The molecule has 0 radical (unpaired) electrons. The molecule has 120 valence electrons. The number of hydrogen-bond donors (Lipinski definition) is 1. The van der Waals surface area contributed by atoms with Gasteiger partial charge in [0, 0.05) is 31.7 Å². The Labute approximate surface area is 119 Å². The number of rotatable bonds is 10. The highest BCUT2D eigenvalue weighted by atomic mass is 19.4. The molecule has 1 rings (SSSR count). The van der Waals surface area contributed by atoms with Crippen molar-refractivity contribution >= 4 is 0 Å². The maximum absolute atomic E-state index is 12.2. The molecule has 0 aliphatic heterocycles. The van der Waals surface area contributed by atoms with E-state index in [1.165, 1.54) is 12.8 Å². The normalized spacial score (nSPS) is 19.4. The molecule has 0 saturated heterocycles. The lowest BCUT2D eigenvalue weighted by atomic mass is 9.93. The average Bonchev–Trinajstić information content (AvgIpc) is 3.16. The minimum atomic E-state index is -4.08. The third-order valence-electron chi connectivity index (χ3n) is 4.16. The van der Waals surface area contributed by atoms with E-state index >= 15 is 0 Å². The maximum atomic E-state index is 12.2. The van der Waals surface area contributed by atoms with E-state index in [0.29, 0.717) is 26.1 Å². The fourth-order valence-electron chi connectivity index (χ4n) is 2.12. The Balaban J connectivity index is 2.24. The van der Waals surface area contributed by atoms with Crippen molar-refractivity contribution in [1.82, 2.24) is 4.90 Å². The number of nitrogens with zero attached hydrogens (tertiary/aromatic N) is 1. The van der Waals surface area contributed by atoms with E-state index in [2.05, 4.69) is 0 Å². The third kappa shape index (κ3) is 6.90. The summed E-state index contributed by atoms with van der Waals surface area (Å²) in [7, 11) is 1.90. The number of alkyl halides is 3. The second kappa shape index (κ2) is 7.61. The quantitative estimate of drug-likeness (QED) is 0.630. The van der Waals surface area contributed by atoms with Gasteiger partial charge in [-0.1, -0.05) is 0 Å². The highest BCUT2D eigenvalue weighted by molar-refractivity contribution is 4.85. The molecule has 1 fully saturated rings. The lowest BCUT2D eigenvalue weighted by Crippen LogP contribution is -2.50. The van der Waals surface area contributed by atoms with Crippen LogP contribution in [0.4, 0.5) is 13.2 Å². The van der Waals surface area contributed by atoms with Crippen molar-refractivity contribution < 1.29 is 17.9 Å². The summed E-state index contributed by atoms with van der Waals surface area (Å²) in [6.45, 7) is 4.39. The molecule has 1 saturated carbocycles. The van der Waals surface area contributed by atoms with Crippen LogP contribution < -0.4 is 5.73 Å². The van der Waals surface area contributed by atoms with Crippen LogP contribution in [0, 0.1) is 5.92 Å². The molecule has 2 N–H and O–H groups in total. The van der Waals surface area contributed by atoms with Crippen molar-refractivity contribution in [3.8, 4) is 0 Å². The Bertz CT molecular complexity index is 282. The molecule has 6 heteroatoms. The molecule has 0 aromatic carbocycles. The standard InChI is InChI=1S/C14H27F3N2O/c1-13(11-18,6-3-7-14(15,16)17)19(2)8-9-20-10-12-4-5-12/h12H,3-11,18H2,1-2H3. The highest BCUT2D eigenvalue weighted by Crippen LogP contribution is 2.29. The summed E-state index contributed by atoms with van der Waals surface area (Å²) in [5.41, 5.74) is 5.36. The predicted molar refractivity (Wildman–Crippen MR) is 73.5 cm³/mol. The molecular weight excluding hydrogens is 269 g/mol. The smallest absolute Gasteiger partial charge is 0.380 e. The zero-order valence-electron chi connectivity index (χ0n) is 12.5. The first-order valence-electron chi connectivity index (χ1n) is 7.32. The molecule has 1 aliphatic carbocycles. The molecule has 0 spiro atoms. The summed E-state index contributed by atoms with van der Waals surface area (Å²) >= 11 is 0. The van der Waals surface area contributed by atoms with E-state index < -0.39 is 18.1 Å². The van der Waals surface area contributed by atoms with Gasteiger partial charge in [-0.05, 0) is 45.6 Å². The molecule has 0 heterocycles. The lowest BCUT2D eigenvalue weighted by molar-refractivity contribution is -0.136. The molecular formula is C14H27F3N2O. The molecule has 0 amide bonds. The van der Waals surface area contributed by atoms with Gasteiger partial charge in [-0.25, -0.2) is 0 Å². The summed E-state index contributed by atoms with van der Waals surface area (Å²) in [5, 5.41) is 0. The van der Waals surface area contributed by atoms with Crippen molar-refractivity contribution in [2.75, 3.05) is 33.4 Å². The van der Waals surface area contributed by atoms with Gasteiger partial charge in [0.25, 0.3) is 0 Å². The zero-order valence-corrected chi connectivity index (χ0v) is 12.5. The average molecular weight is 296 g/mol. The molecule has 0 aromatic heterocycles. The first-order chi connectivity index (χ1) is 9.27. The monoisotopic (exact) mass is 296 g/mol. The molecule has 1 atom stereocenters. The van der Waals surface area contributed by atoms with Crippen LogP contribution in [0.2, 0.25) is 0 Å². The van der Waals surface area contributed by atoms with Crippen LogP contribution in [0.25, 0.3) is 0 Å². The first-order valence-corrected chi connectivity index (χ1v) is 7.32. The lowest BCUT2D eigenvalue weighted by Gasteiger charge is -2.38. The van der Waals surface area contributed by atoms with Gasteiger partial charge < -0.3 is 10.5 Å². The van der Waals surface area contributed by atoms with Gasteiger partial charge in [-0.3, -0.25) is 4.90 Å². The van der Waals surface area contributed by atoms with Crippen LogP contribution in [0.15, 0.2) is 0 Å². The van der Waals surface area contributed by atoms with Crippen molar-refractivity contribution in [3.05, 3.63) is 0 Å². The summed E-state index contributed by atoms with van der Waals surface area (Å²) < 4.78 is 42.2. The van der Waals surface area contributed by atoms with E-state index in [1.54, 1.807) is 0 Å². The van der Waals surface area contributed by atoms with E-state index in [1.807, 2.05) is 18.9 Å². The van der Waals surface area contributed by atoms with Crippen LogP contribution in [-0.4, -0.2) is 50.0 Å². The zero-order chi connectivity index (χ0) is 15.2. The minimum absolute atomic E-state index is 0.116. The second-order valence-electron chi connectivity index (χ2n) is 6.11. The van der Waals surface area contributed by atoms with Crippen LogP contribution in [0.3, 0.4) is 0 Å². The first kappa shape index (κ1) is 17.7. The van der Waals surface area contributed by atoms with Gasteiger partial charge in [-0.2, -0.15) is 13.2 Å². The fraction of sp³-hybridized carbons (Fsp3) is 1.00. The SMILES string of the molecule is CN(CCOCC1CC1)C(C)(CN)CCCC(F)(F)F. The molecule has 0 aromatic rings. The predicted octanol–water partition coefficient (Wildman–Crippen LogP) is 2.79. The summed E-state index contributed by atoms with van der Waals surface area (Å²) in [4.78, 5) is 2.02. The molecule has 3 nitrogen and oxygen atoms in total. The van der Waals surface area contributed by atoms with Crippen LogP contribution >= 0.6 is 0 Å². The van der Waals surface area contributed by atoms with Crippen molar-refractivity contribution in [2.45, 2.75) is 50.7 Å². The van der Waals surface area contributed by atoms with Crippen LogP contribution in [0.1, 0.15) is 39.0 Å². The highest BCUT2D eigenvalue weighted by Gasteiger charge is 2.31. The Kier molecular flexibility index (Phi) is 6.75. The van der Waals surface area contributed by atoms with Gasteiger partial charge in [0.15, 0.2) is 0 Å². The maximum Gasteiger partial charge on any atom is 0.389 e. The van der Waals surface area contributed by atoms with Crippen LogP contribution in [-0.2, 0) is 4.74 Å². The van der Waals surface area contributed by atoms with Gasteiger partial charge in [0.1, 0.15) is 0 Å². The molecule has 1 unspecified atom stereocenters. The van der Waals surface area contributed by atoms with E-state index in [4.69, 9.17) is 10.5 Å². The fourth-order valence-corrected chi connectivity index (χ4v) is 2.12. The molecule has 0 bridgehead atoms. The number of likely N-dealkylation sites (N-methyl/N-ethyl adjacent to an activating group) is 1. The number of halogens is 3. The summed E-state index contributed by atoms with van der Waals surface area (Å²) in [5.74, 6) is 0.730. The van der Waals surface area contributed by atoms with E-state index in [9.17, 15) is 13.2 Å². The molecule has 1 aliphatic rings. The second-order valence-corrected chi connectivity index (χ2v) is 6.11. The van der Waals surface area contributed by atoms with E-state index in [0.717, 1.165) is 12.5 Å². The van der Waals surface area contributed by atoms with E-state index in [-0.39, 0.29) is 6.42 Å². The molecule has 20 heavy (non-hydrogen) atoms. The number of ether oxygens (including phenoxy) is 1. The Morgan fingerprint density at radius 1 is 1.25 bits per heavy atom. The number of hydrogen-bond acceptors (Lipinski definition) is 3. The topological polar surface area (TPSA) is 38.5 Å².